The van der Waals surface area contributed by atoms with Gasteiger partial charge >= 0.3 is 18.4 Å². The van der Waals surface area contributed by atoms with Crippen LogP contribution in [-0.4, -0.2) is 60.8 Å². The monoisotopic (exact) mass is 552 g/mol. The number of rotatable bonds is 14. The van der Waals surface area contributed by atoms with Gasteiger partial charge in [0.25, 0.3) is 0 Å². The molecule has 0 spiro atoms. The van der Waals surface area contributed by atoms with E-state index in [0.717, 1.165) is 37.0 Å². The van der Waals surface area contributed by atoms with Crippen molar-refractivity contribution in [3.05, 3.63) is 54.1 Å². The van der Waals surface area contributed by atoms with Gasteiger partial charge in [0.05, 0.1) is 6.54 Å². The molecule has 0 aromatic heterocycles. The molecule has 1 atom stereocenters. The lowest BCUT2D eigenvalue weighted by molar-refractivity contribution is -0.274. The lowest BCUT2D eigenvalue weighted by atomic mass is 10.0. The average molecular weight is 553 g/mol. The Labute approximate surface area is 226 Å². The first-order chi connectivity index (χ1) is 18.6. The first-order valence-electron chi connectivity index (χ1n) is 13.1. The maximum atomic E-state index is 13.0. The number of hydrogen-bond acceptors (Lipinski definition) is 5. The number of anilines is 1. The Bertz CT molecular complexity index is 1040. The Morgan fingerprint density at radius 1 is 1.03 bits per heavy atom. The van der Waals surface area contributed by atoms with Crippen LogP contribution < -0.4 is 14.8 Å². The molecular weight excluding hydrogens is 517 g/mol. The molecule has 0 bridgehead atoms. The molecule has 11 heteroatoms. The topological polar surface area (TPSA) is 97.3 Å². The number of carboxylic acid groups (broad SMARTS) is 1. The number of benzene rings is 2. The second-order valence-corrected chi connectivity index (χ2v) is 9.41. The second kappa shape index (κ2) is 14.6. The summed E-state index contributed by atoms with van der Waals surface area (Å²) in [4.78, 5) is 26.0. The van der Waals surface area contributed by atoms with Gasteiger partial charge in [0.1, 0.15) is 18.1 Å². The summed E-state index contributed by atoms with van der Waals surface area (Å²) in [6.45, 7) is 3.11. The fourth-order valence-corrected chi connectivity index (χ4v) is 4.52. The zero-order valence-corrected chi connectivity index (χ0v) is 21.9. The van der Waals surface area contributed by atoms with E-state index in [2.05, 4.69) is 10.1 Å². The van der Waals surface area contributed by atoms with Crippen LogP contribution in [0.15, 0.2) is 48.5 Å². The zero-order chi connectivity index (χ0) is 28.3. The van der Waals surface area contributed by atoms with Crippen molar-refractivity contribution in [2.24, 2.45) is 5.92 Å². The van der Waals surface area contributed by atoms with E-state index in [-0.39, 0.29) is 24.8 Å². The maximum absolute atomic E-state index is 13.0. The van der Waals surface area contributed by atoms with Crippen LogP contribution in [0.4, 0.5) is 23.7 Å². The largest absolute Gasteiger partial charge is 0.573 e. The number of nitrogens with zero attached hydrogens (tertiary/aromatic N) is 1. The van der Waals surface area contributed by atoms with E-state index in [9.17, 15) is 27.9 Å². The number of carbonyl (C=O) groups is 2. The van der Waals surface area contributed by atoms with Gasteiger partial charge in [0, 0.05) is 25.3 Å². The van der Waals surface area contributed by atoms with Crippen molar-refractivity contribution >= 4 is 17.7 Å². The van der Waals surface area contributed by atoms with E-state index in [1.54, 1.807) is 36.1 Å². The van der Waals surface area contributed by atoms with Crippen LogP contribution in [0.2, 0.25) is 0 Å². The Hall–Kier alpha value is -3.47. The molecule has 2 aromatic carbocycles. The van der Waals surface area contributed by atoms with Crippen molar-refractivity contribution in [1.29, 1.82) is 0 Å². The first-order valence-corrected chi connectivity index (χ1v) is 13.1. The third-order valence-corrected chi connectivity index (χ3v) is 6.53. The van der Waals surface area contributed by atoms with E-state index >= 15 is 0 Å². The number of aliphatic carboxylic acids is 1. The molecular formula is C28H35F3N2O6. The summed E-state index contributed by atoms with van der Waals surface area (Å²) >= 11 is 0. The lowest BCUT2D eigenvalue weighted by Crippen LogP contribution is -2.39. The third-order valence-electron chi connectivity index (χ3n) is 6.53. The summed E-state index contributed by atoms with van der Waals surface area (Å²) in [6.07, 6.45) is 0.0809. The molecule has 1 unspecified atom stereocenters. The molecule has 0 radical (unpaired) electrons. The normalized spacial score (nSPS) is 14.6. The number of alkyl halides is 3. The van der Waals surface area contributed by atoms with Crippen LogP contribution in [0.3, 0.4) is 0 Å². The molecule has 8 nitrogen and oxygen atoms in total. The highest BCUT2D eigenvalue weighted by Gasteiger charge is 2.31. The summed E-state index contributed by atoms with van der Waals surface area (Å²) in [5.41, 5.74) is 1.15. The van der Waals surface area contributed by atoms with E-state index in [4.69, 9.17) is 9.47 Å². The van der Waals surface area contributed by atoms with E-state index in [1.165, 1.54) is 25.0 Å². The van der Waals surface area contributed by atoms with Crippen molar-refractivity contribution in [3.63, 3.8) is 0 Å². The molecule has 214 valence electrons. The van der Waals surface area contributed by atoms with Crippen molar-refractivity contribution in [2.45, 2.75) is 57.9 Å². The minimum absolute atomic E-state index is 0.229. The van der Waals surface area contributed by atoms with Gasteiger partial charge in [-0.2, -0.15) is 0 Å². The highest BCUT2D eigenvalue weighted by molar-refractivity contribution is 5.89. The van der Waals surface area contributed by atoms with Gasteiger partial charge in [0.2, 0.25) is 0 Å². The standard InChI is InChI=1S/C28H35F3N2O6/c1-2-37-25(26(34)35)19-21-7-11-23(12-8-21)38-18-17-33(16-15-20-5-3-4-6-20)27(36)32-22-9-13-24(14-10-22)39-28(29,30)31/h7-14,20,25H,2-6,15-19H2,1H3,(H,32,36)(H,34,35). The maximum Gasteiger partial charge on any atom is 0.573 e. The SMILES string of the molecule is CCOC(Cc1ccc(OCCN(CCC2CCCC2)C(=O)Nc2ccc(OC(F)(F)F)cc2)cc1)C(=O)O. The molecule has 3 rings (SSSR count). The van der Waals surface area contributed by atoms with Gasteiger partial charge in [-0.15, -0.1) is 13.2 Å². The van der Waals surface area contributed by atoms with Gasteiger partial charge < -0.3 is 29.5 Å². The van der Waals surface area contributed by atoms with Gasteiger partial charge in [-0.1, -0.05) is 37.8 Å². The Morgan fingerprint density at radius 3 is 2.26 bits per heavy atom. The Morgan fingerprint density at radius 2 is 1.67 bits per heavy atom. The number of carbonyl (C=O) groups excluding carboxylic acids is 1. The lowest BCUT2D eigenvalue weighted by Gasteiger charge is -2.25. The third kappa shape index (κ3) is 10.7. The van der Waals surface area contributed by atoms with E-state index < -0.39 is 18.4 Å². The molecule has 1 aliphatic carbocycles. The summed E-state index contributed by atoms with van der Waals surface area (Å²) in [7, 11) is 0. The van der Waals surface area contributed by atoms with Crippen LogP contribution >= 0.6 is 0 Å². The summed E-state index contributed by atoms with van der Waals surface area (Å²) < 4.78 is 52.2. The van der Waals surface area contributed by atoms with Gasteiger partial charge in [-0.25, -0.2) is 9.59 Å². The average Bonchev–Trinajstić information content (AvgIpc) is 3.40. The molecule has 2 aromatic rings. The number of nitrogens with one attached hydrogen (secondary N) is 1. The zero-order valence-electron chi connectivity index (χ0n) is 21.9. The molecule has 0 aliphatic heterocycles. The summed E-state index contributed by atoms with van der Waals surface area (Å²) in [5.74, 6) is -0.231. The molecule has 1 saturated carbocycles. The molecule has 39 heavy (non-hydrogen) atoms. The van der Waals surface area contributed by atoms with Gasteiger partial charge in [0.15, 0.2) is 6.10 Å². The first kappa shape index (κ1) is 30.1. The minimum Gasteiger partial charge on any atom is -0.492 e. The van der Waals surface area contributed by atoms with Crippen LogP contribution in [0.25, 0.3) is 0 Å². The highest BCUT2D eigenvalue weighted by Crippen LogP contribution is 2.28. The smallest absolute Gasteiger partial charge is 0.492 e. The van der Waals surface area contributed by atoms with Crippen LogP contribution in [0, 0.1) is 5.92 Å². The van der Waals surface area contributed by atoms with Crippen molar-refractivity contribution in [1.82, 2.24) is 4.90 Å². The van der Waals surface area contributed by atoms with Crippen molar-refractivity contribution < 1.29 is 42.1 Å². The fourth-order valence-electron chi connectivity index (χ4n) is 4.52. The van der Waals surface area contributed by atoms with E-state index in [1.807, 2.05) is 0 Å². The fraction of sp³-hybridized carbons (Fsp3) is 0.500. The number of amides is 2. The van der Waals surface area contributed by atoms with Crippen LogP contribution in [0.1, 0.15) is 44.6 Å². The number of halogens is 3. The Kier molecular flexibility index (Phi) is 11.3. The highest BCUT2D eigenvalue weighted by atomic mass is 19.4. The Balaban J connectivity index is 1.55. The summed E-state index contributed by atoms with van der Waals surface area (Å²) in [6, 6.07) is 11.7. The van der Waals surface area contributed by atoms with Crippen LogP contribution in [0.5, 0.6) is 11.5 Å². The predicted octanol–water partition coefficient (Wildman–Crippen LogP) is 6.11. The molecule has 0 saturated heterocycles. The number of carboxylic acids is 1. The van der Waals surface area contributed by atoms with Crippen molar-refractivity contribution in [3.8, 4) is 11.5 Å². The van der Waals surface area contributed by atoms with Crippen LogP contribution in [-0.2, 0) is 16.0 Å². The molecule has 2 amide bonds. The molecule has 1 fully saturated rings. The number of hydrogen-bond donors (Lipinski definition) is 2. The molecule has 0 heterocycles. The predicted molar refractivity (Wildman–Crippen MR) is 139 cm³/mol. The van der Waals surface area contributed by atoms with E-state index in [0.29, 0.717) is 37.1 Å². The number of urea groups is 1. The van der Waals surface area contributed by atoms with Gasteiger partial charge in [-0.05, 0) is 61.2 Å². The second-order valence-electron chi connectivity index (χ2n) is 9.41. The number of ether oxygens (including phenoxy) is 3. The van der Waals surface area contributed by atoms with Gasteiger partial charge in [-0.3, -0.25) is 0 Å². The molecule has 2 N–H and O–H groups in total. The van der Waals surface area contributed by atoms with Crippen molar-refractivity contribution in [2.75, 3.05) is 31.6 Å². The minimum atomic E-state index is -4.79. The summed E-state index contributed by atoms with van der Waals surface area (Å²) in [5, 5.41) is 12.0. The quantitative estimate of drug-likeness (QED) is 0.294. The molecule has 1 aliphatic rings.